The molecule has 7 heteroatoms. The summed E-state index contributed by atoms with van der Waals surface area (Å²) in [5.41, 5.74) is 9.80. The monoisotopic (exact) mass is 682 g/mol. The number of benzene rings is 6. The number of aromatic nitrogens is 5. The summed E-state index contributed by atoms with van der Waals surface area (Å²) in [6.45, 7) is 0. The minimum atomic E-state index is 0.586. The van der Waals surface area contributed by atoms with Crippen LogP contribution in [0.15, 0.2) is 158 Å². The molecule has 6 aromatic carbocycles. The maximum absolute atomic E-state index is 9.72. The minimum Gasteiger partial charge on any atom is -0.309 e. The molecule has 0 amide bonds. The van der Waals surface area contributed by atoms with Crippen molar-refractivity contribution in [1.82, 2.24) is 24.5 Å². The van der Waals surface area contributed by atoms with Crippen LogP contribution in [0.4, 0.5) is 0 Å². The van der Waals surface area contributed by atoms with Gasteiger partial charge in [-0.3, -0.25) is 4.98 Å². The molecule has 10 rings (SSSR count). The van der Waals surface area contributed by atoms with E-state index in [4.69, 9.17) is 19.9 Å². The maximum Gasteiger partial charge on any atom is 0.165 e. The van der Waals surface area contributed by atoms with Gasteiger partial charge in [-0.25, -0.2) is 15.0 Å². The normalized spacial score (nSPS) is 11.4. The van der Waals surface area contributed by atoms with Gasteiger partial charge in [-0.1, -0.05) is 97.1 Å². The maximum atomic E-state index is 9.72. The topological polar surface area (TPSA) is 80.3 Å². The zero-order valence-electron chi connectivity index (χ0n) is 27.6. The lowest BCUT2D eigenvalue weighted by molar-refractivity contribution is 1.07. The number of rotatable bonds is 5. The molecule has 0 aliphatic carbocycles. The van der Waals surface area contributed by atoms with Crippen LogP contribution in [0.3, 0.4) is 0 Å². The van der Waals surface area contributed by atoms with Gasteiger partial charge in [0, 0.05) is 49.4 Å². The van der Waals surface area contributed by atoms with Crippen LogP contribution in [0.5, 0.6) is 0 Å². The minimum absolute atomic E-state index is 0.586. The average molecular weight is 683 g/mol. The van der Waals surface area contributed by atoms with Crippen molar-refractivity contribution in [1.29, 1.82) is 5.26 Å². The Kier molecular flexibility index (Phi) is 6.95. The van der Waals surface area contributed by atoms with Crippen LogP contribution < -0.4 is 0 Å². The van der Waals surface area contributed by atoms with Gasteiger partial charge in [0.25, 0.3) is 0 Å². The van der Waals surface area contributed by atoms with Crippen molar-refractivity contribution in [2.75, 3.05) is 0 Å². The van der Waals surface area contributed by atoms with Gasteiger partial charge in [-0.15, -0.1) is 11.3 Å². The molecule has 0 saturated heterocycles. The van der Waals surface area contributed by atoms with Crippen LogP contribution in [0.2, 0.25) is 0 Å². The molecule has 10 aromatic rings. The molecule has 0 spiro atoms. The van der Waals surface area contributed by atoms with Gasteiger partial charge in [-0.05, 0) is 65.7 Å². The van der Waals surface area contributed by atoms with Crippen molar-refractivity contribution < 1.29 is 0 Å². The number of thiophene rings is 1. The highest BCUT2D eigenvalue weighted by Gasteiger charge is 2.17. The van der Waals surface area contributed by atoms with Crippen molar-refractivity contribution >= 4 is 53.4 Å². The lowest BCUT2D eigenvalue weighted by Crippen LogP contribution is -2.00. The van der Waals surface area contributed by atoms with Crippen molar-refractivity contribution in [3.8, 4) is 57.0 Å². The van der Waals surface area contributed by atoms with Crippen LogP contribution in [-0.2, 0) is 0 Å². The van der Waals surface area contributed by atoms with Gasteiger partial charge in [0.05, 0.1) is 32.9 Å². The number of pyridine rings is 1. The van der Waals surface area contributed by atoms with E-state index >= 15 is 0 Å². The van der Waals surface area contributed by atoms with Crippen molar-refractivity contribution in [2.24, 2.45) is 0 Å². The summed E-state index contributed by atoms with van der Waals surface area (Å²) in [5.74, 6) is 1.83. The van der Waals surface area contributed by atoms with E-state index in [1.807, 2.05) is 91.1 Å². The molecule has 0 bridgehead atoms. The first-order valence-electron chi connectivity index (χ1n) is 16.9. The van der Waals surface area contributed by atoms with Crippen LogP contribution >= 0.6 is 11.3 Å². The summed E-state index contributed by atoms with van der Waals surface area (Å²) in [5, 5.41) is 13.0. The summed E-state index contributed by atoms with van der Waals surface area (Å²) < 4.78 is 4.49. The van der Waals surface area contributed by atoms with Crippen LogP contribution in [-0.4, -0.2) is 24.5 Å². The van der Waals surface area contributed by atoms with E-state index in [2.05, 4.69) is 77.4 Å². The first-order chi connectivity index (χ1) is 25.7. The van der Waals surface area contributed by atoms with Gasteiger partial charge >= 0.3 is 0 Å². The summed E-state index contributed by atoms with van der Waals surface area (Å²) >= 11 is 1.72. The molecule has 0 N–H and O–H groups in total. The average Bonchev–Trinajstić information content (AvgIpc) is 3.75. The van der Waals surface area contributed by atoms with E-state index in [1.165, 1.54) is 0 Å². The van der Waals surface area contributed by atoms with E-state index in [0.717, 1.165) is 75.6 Å². The second-order valence-corrected chi connectivity index (χ2v) is 13.8. The van der Waals surface area contributed by atoms with Gasteiger partial charge in [-0.2, -0.15) is 5.26 Å². The number of para-hydroxylation sites is 1. The fraction of sp³-hybridized carbons (Fsp3) is 0. The molecule has 52 heavy (non-hydrogen) atoms. The van der Waals surface area contributed by atoms with Crippen LogP contribution in [0.1, 0.15) is 5.56 Å². The Morgan fingerprint density at radius 1 is 0.481 bits per heavy atom. The molecule has 0 atom stereocenters. The first kappa shape index (κ1) is 29.9. The predicted molar refractivity (Wildman–Crippen MR) is 211 cm³/mol. The van der Waals surface area contributed by atoms with E-state index in [0.29, 0.717) is 23.0 Å². The Balaban J connectivity index is 1.08. The van der Waals surface area contributed by atoms with Gasteiger partial charge < -0.3 is 4.57 Å². The van der Waals surface area contributed by atoms with Crippen LogP contribution in [0, 0.1) is 11.3 Å². The quantitative estimate of drug-likeness (QED) is 0.180. The molecular formula is C45H26N6S. The number of hydrogen-bond donors (Lipinski definition) is 0. The van der Waals surface area contributed by atoms with Gasteiger partial charge in [0.1, 0.15) is 0 Å². The molecule has 242 valence electrons. The zero-order chi connectivity index (χ0) is 34.6. The Morgan fingerprint density at radius 2 is 1.04 bits per heavy atom. The largest absolute Gasteiger partial charge is 0.309 e. The van der Waals surface area contributed by atoms with E-state index in [1.54, 1.807) is 11.3 Å². The summed E-state index contributed by atoms with van der Waals surface area (Å²) in [6.07, 6.45) is 1.87. The molecular weight excluding hydrogens is 657 g/mol. The molecule has 0 aliphatic rings. The van der Waals surface area contributed by atoms with Gasteiger partial charge in [0.15, 0.2) is 17.5 Å². The molecule has 6 nitrogen and oxygen atoms in total. The molecule has 0 aliphatic heterocycles. The molecule has 0 radical (unpaired) electrons. The number of fused-ring (bicyclic) bond motifs is 6. The standard InChI is InChI=1S/C45H26N6S/c46-26-28-16-20-38-36(22-28)37-23-31(18-21-39(37)51(38)34-14-8-3-9-15-34)32-17-19-35-40(24-32)52-41-25-33(27-47-42(35)41)45-49-43(29-10-4-1-5-11-29)48-44(50-45)30-12-6-2-7-13-30/h1-25,27H. The lowest BCUT2D eigenvalue weighted by Gasteiger charge is -2.08. The number of hydrogen-bond acceptors (Lipinski definition) is 6. The first-order valence-corrected chi connectivity index (χ1v) is 17.8. The van der Waals surface area contributed by atoms with Crippen molar-refractivity contribution in [3.05, 3.63) is 163 Å². The third-order valence-electron chi connectivity index (χ3n) is 9.51. The van der Waals surface area contributed by atoms with Gasteiger partial charge in [0.2, 0.25) is 0 Å². The zero-order valence-corrected chi connectivity index (χ0v) is 28.4. The predicted octanol–water partition coefficient (Wildman–Crippen LogP) is 11.3. The Bertz CT molecular complexity index is 2960. The fourth-order valence-electron chi connectivity index (χ4n) is 7.01. The molecule has 0 saturated carbocycles. The third kappa shape index (κ3) is 5.01. The molecule has 0 unspecified atom stereocenters. The highest BCUT2D eigenvalue weighted by molar-refractivity contribution is 7.25. The number of nitrogens with zero attached hydrogens (tertiary/aromatic N) is 6. The van der Waals surface area contributed by atoms with E-state index in [-0.39, 0.29) is 0 Å². The third-order valence-corrected chi connectivity index (χ3v) is 10.6. The number of nitriles is 1. The highest BCUT2D eigenvalue weighted by atomic mass is 32.1. The smallest absolute Gasteiger partial charge is 0.165 e. The Hall–Kier alpha value is -7.01. The molecule has 0 fully saturated rings. The highest BCUT2D eigenvalue weighted by Crippen LogP contribution is 2.39. The van der Waals surface area contributed by atoms with Crippen molar-refractivity contribution in [3.63, 3.8) is 0 Å². The Morgan fingerprint density at radius 3 is 1.71 bits per heavy atom. The van der Waals surface area contributed by atoms with Crippen LogP contribution in [0.25, 0.3) is 93.1 Å². The van der Waals surface area contributed by atoms with E-state index in [9.17, 15) is 5.26 Å². The second kappa shape index (κ2) is 12.1. The Labute approximate surface area is 302 Å². The summed E-state index contributed by atoms with van der Waals surface area (Å²) in [7, 11) is 0. The summed E-state index contributed by atoms with van der Waals surface area (Å²) in [6, 6.07) is 54.0. The van der Waals surface area contributed by atoms with Crippen molar-refractivity contribution in [2.45, 2.75) is 0 Å². The SMILES string of the molecule is N#Cc1ccc2c(c1)c1cc(-c3ccc4c(c3)sc3cc(-c5nc(-c6ccccc6)nc(-c6ccccc6)n5)cnc34)ccc1n2-c1ccccc1. The summed E-state index contributed by atoms with van der Waals surface area (Å²) in [4.78, 5) is 19.6. The second-order valence-electron chi connectivity index (χ2n) is 12.7. The lowest BCUT2D eigenvalue weighted by atomic mass is 10.0. The van der Waals surface area contributed by atoms with E-state index < -0.39 is 0 Å². The molecule has 4 heterocycles. The fourth-order valence-corrected chi connectivity index (χ4v) is 8.16. The molecule has 4 aromatic heterocycles.